The Morgan fingerprint density at radius 2 is 1.90 bits per heavy atom. The molecule has 2 amide bonds. The van der Waals surface area contributed by atoms with Crippen LogP contribution in [0.25, 0.3) is 0 Å². The Morgan fingerprint density at radius 3 is 2.56 bits per heavy atom. The number of amides is 2. The highest BCUT2D eigenvalue weighted by Gasteiger charge is 2.34. The second kappa shape index (κ2) is 14.5. The van der Waals surface area contributed by atoms with Gasteiger partial charge in [0.25, 0.3) is 21.8 Å². The van der Waals surface area contributed by atoms with Crippen LogP contribution in [0.3, 0.4) is 0 Å². The van der Waals surface area contributed by atoms with E-state index < -0.39 is 16.1 Å². The zero-order valence-electron chi connectivity index (χ0n) is 27.3. The summed E-state index contributed by atoms with van der Waals surface area (Å²) in [6, 6.07) is 18.5. The molecule has 254 valence electrons. The number of nitrogen functional groups attached to an aromatic ring is 1. The Kier molecular flexibility index (Phi) is 10.4. The van der Waals surface area contributed by atoms with Gasteiger partial charge in [0.05, 0.1) is 35.9 Å². The number of anilines is 3. The topological polar surface area (TPSA) is 172 Å². The van der Waals surface area contributed by atoms with E-state index in [-0.39, 0.29) is 46.7 Å². The van der Waals surface area contributed by atoms with E-state index in [1.807, 2.05) is 26.1 Å². The van der Waals surface area contributed by atoms with Gasteiger partial charge < -0.3 is 30.4 Å². The van der Waals surface area contributed by atoms with Gasteiger partial charge in [0, 0.05) is 50.0 Å². The quantitative estimate of drug-likeness (QED) is 0.174. The number of imidazole rings is 1. The van der Waals surface area contributed by atoms with Crippen molar-refractivity contribution in [2.75, 3.05) is 42.5 Å². The maximum absolute atomic E-state index is 13.8. The minimum Gasteiger partial charge on any atom is -0.488 e. The third kappa shape index (κ3) is 7.95. The van der Waals surface area contributed by atoms with Crippen LogP contribution in [-0.4, -0.2) is 83.6 Å². The number of aliphatic hydroxyl groups excluding tert-OH is 1. The van der Waals surface area contributed by atoms with Crippen molar-refractivity contribution in [2.24, 2.45) is 13.0 Å². The number of carbonyl (C=O) groups excluding carboxylic acids is 2. The molecular weight excluding hydrogens is 634 g/mol. The molecule has 0 radical (unpaired) electrons. The fourth-order valence-corrected chi connectivity index (χ4v) is 6.52. The molecule has 5 rings (SSSR count). The third-order valence-corrected chi connectivity index (χ3v) is 9.51. The molecule has 0 unspecified atom stereocenters. The minimum absolute atomic E-state index is 0.114. The number of aryl methyl sites for hydroxylation is 1. The van der Waals surface area contributed by atoms with E-state index in [1.54, 1.807) is 67.4 Å². The summed E-state index contributed by atoms with van der Waals surface area (Å²) in [5, 5.41) is 12.7. The maximum Gasteiger partial charge on any atom is 0.280 e. The largest absolute Gasteiger partial charge is 0.488 e. The molecule has 0 saturated heterocycles. The molecule has 2 heterocycles. The van der Waals surface area contributed by atoms with Crippen LogP contribution in [0, 0.1) is 5.92 Å². The van der Waals surface area contributed by atoms with Crippen LogP contribution < -0.4 is 20.5 Å². The highest BCUT2D eigenvalue weighted by Crippen LogP contribution is 2.31. The molecule has 1 aromatic heterocycles. The number of fused-ring (bicyclic) bond motifs is 1. The normalized spacial score (nSPS) is 17.2. The molecule has 0 bridgehead atoms. The molecule has 13 nitrogen and oxygen atoms in total. The number of carbonyl (C=O) groups is 2. The lowest BCUT2D eigenvalue weighted by molar-refractivity contribution is 0.0341. The molecule has 0 aliphatic carbocycles. The van der Waals surface area contributed by atoms with Gasteiger partial charge in [0.15, 0.2) is 5.03 Å². The fraction of sp³-hybridized carbons (Fsp3) is 0.324. The number of nitrogens with zero attached hydrogens (tertiary/aromatic N) is 4. The monoisotopic (exact) mass is 675 g/mol. The predicted molar refractivity (Wildman–Crippen MR) is 183 cm³/mol. The highest BCUT2D eigenvalue weighted by atomic mass is 32.2. The van der Waals surface area contributed by atoms with Crippen LogP contribution in [-0.2, 0) is 23.6 Å². The number of ether oxygens (including phenoxy) is 1. The second-order valence-electron chi connectivity index (χ2n) is 12.3. The summed E-state index contributed by atoms with van der Waals surface area (Å²) in [5.74, 6) is -0.428. The average molecular weight is 676 g/mol. The number of rotatable bonds is 11. The summed E-state index contributed by atoms with van der Waals surface area (Å²) in [5.41, 5.74) is 8.85. The third-order valence-electron chi connectivity index (χ3n) is 8.24. The Hall–Kier alpha value is -4.92. The molecule has 4 aromatic rings. The fourth-order valence-electron chi connectivity index (χ4n) is 5.49. The van der Waals surface area contributed by atoms with Crippen molar-refractivity contribution >= 4 is 38.9 Å². The SMILES string of the molecule is C[C@@H]1CN([C@@H](C)CO)C(=O)c2cc(NS(=O)(=O)c3cn(C)cn3)ccc2O[C@@H]1CN(C)Cc1ccc(C(=O)Nc2ccccc2N)cc1. The van der Waals surface area contributed by atoms with Crippen LogP contribution >= 0.6 is 0 Å². The molecule has 14 heteroatoms. The second-order valence-corrected chi connectivity index (χ2v) is 13.9. The number of nitrogens with two attached hydrogens (primary N) is 1. The average Bonchev–Trinajstić information content (AvgIpc) is 3.51. The van der Waals surface area contributed by atoms with Crippen LogP contribution in [0.4, 0.5) is 17.1 Å². The minimum atomic E-state index is -4.00. The van der Waals surface area contributed by atoms with Gasteiger partial charge in [0.1, 0.15) is 11.9 Å². The van der Waals surface area contributed by atoms with Crippen molar-refractivity contribution in [3.8, 4) is 5.75 Å². The number of aliphatic hydroxyl groups is 1. The van der Waals surface area contributed by atoms with Gasteiger partial charge in [-0.15, -0.1) is 0 Å². The van der Waals surface area contributed by atoms with E-state index in [0.717, 1.165) is 5.56 Å². The summed E-state index contributed by atoms with van der Waals surface area (Å²) < 4.78 is 36.4. The summed E-state index contributed by atoms with van der Waals surface area (Å²) in [6.07, 6.45) is 2.41. The Labute approximate surface area is 280 Å². The van der Waals surface area contributed by atoms with Gasteiger partial charge in [-0.2, -0.15) is 8.42 Å². The number of aromatic nitrogens is 2. The van der Waals surface area contributed by atoms with Crippen molar-refractivity contribution in [1.29, 1.82) is 0 Å². The molecule has 5 N–H and O–H groups in total. The molecule has 0 spiro atoms. The summed E-state index contributed by atoms with van der Waals surface area (Å²) in [4.78, 5) is 34.2. The smallest absolute Gasteiger partial charge is 0.280 e. The van der Waals surface area contributed by atoms with Gasteiger partial charge in [-0.05, 0) is 62.0 Å². The van der Waals surface area contributed by atoms with Crippen LogP contribution in [0.1, 0.15) is 40.1 Å². The zero-order chi connectivity index (χ0) is 34.6. The molecule has 48 heavy (non-hydrogen) atoms. The van der Waals surface area contributed by atoms with Gasteiger partial charge >= 0.3 is 0 Å². The number of nitrogens with one attached hydrogen (secondary N) is 2. The Bertz CT molecular complexity index is 1880. The first-order valence-electron chi connectivity index (χ1n) is 15.5. The van der Waals surface area contributed by atoms with Crippen molar-refractivity contribution in [2.45, 2.75) is 37.6 Å². The van der Waals surface area contributed by atoms with E-state index in [4.69, 9.17) is 10.5 Å². The summed E-state index contributed by atoms with van der Waals surface area (Å²) in [6.45, 7) is 4.91. The number of para-hydroxylation sites is 2. The molecule has 1 aliphatic rings. The number of sulfonamides is 1. The van der Waals surface area contributed by atoms with Gasteiger partial charge in [-0.1, -0.05) is 31.2 Å². The van der Waals surface area contributed by atoms with E-state index in [2.05, 4.69) is 19.9 Å². The lowest BCUT2D eigenvalue weighted by Gasteiger charge is -2.38. The van der Waals surface area contributed by atoms with Crippen molar-refractivity contribution < 1.29 is 27.9 Å². The van der Waals surface area contributed by atoms with Crippen LogP contribution in [0.5, 0.6) is 5.75 Å². The summed E-state index contributed by atoms with van der Waals surface area (Å²) in [7, 11) is -0.370. The summed E-state index contributed by atoms with van der Waals surface area (Å²) >= 11 is 0. The Balaban J connectivity index is 1.31. The van der Waals surface area contributed by atoms with Gasteiger partial charge in [-0.3, -0.25) is 19.2 Å². The maximum atomic E-state index is 13.8. The van der Waals surface area contributed by atoms with E-state index in [9.17, 15) is 23.1 Å². The van der Waals surface area contributed by atoms with Crippen LogP contribution in [0.2, 0.25) is 0 Å². The highest BCUT2D eigenvalue weighted by molar-refractivity contribution is 7.92. The lowest BCUT2D eigenvalue weighted by atomic mass is 9.99. The standard InChI is InChI=1S/C34H41N7O6S/c1-22-16-41(23(2)20-42)34(44)27-15-26(38-48(45,46)32-19-40(4)21-36-32)13-14-30(27)47-31(22)18-39(3)17-24-9-11-25(12-10-24)33(43)37-29-8-6-5-7-28(29)35/h5-15,19,21-23,31,38,42H,16-18,20,35H2,1-4H3,(H,37,43)/t22-,23+,31-/m1/s1. The predicted octanol–water partition coefficient (Wildman–Crippen LogP) is 3.41. The molecule has 1 aliphatic heterocycles. The number of likely N-dealkylation sites (N-methyl/N-ethyl adjacent to an activating group) is 1. The zero-order valence-corrected chi connectivity index (χ0v) is 28.1. The van der Waals surface area contributed by atoms with Crippen molar-refractivity contribution in [1.82, 2.24) is 19.4 Å². The molecular formula is C34H41N7O6S. The first-order chi connectivity index (χ1) is 22.8. The van der Waals surface area contributed by atoms with Crippen molar-refractivity contribution in [3.63, 3.8) is 0 Å². The van der Waals surface area contributed by atoms with Gasteiger partial charge in [0.2, 0.25) is 0 Å². The van der Waals surface area contributed by atoms with E-state index in [1.165, 1.54) is 23.2 Å². The number of hydrogen-bond acceptors (Lipinski definition) is 9. The van der Waals surface area contributed by atoms with Crippen molar-refractivity contribution in [3.05, 3.63) is 95.9 Å². The van der Waals surface area contributed by atoms with Gasteiger partial charge in [-0.25, -0.2) is 4.98 Å². The Morgan fingerprint density at radius 1 is 1.17 bits per heavy atom. The van der Waals surface area contributed by atoms with E-state index >= 15 is 0 Å². The number of hydrogen-bond donors (Lipinski definition) is 4. The molecule has 0 fully saturated rings. The lowest BCUT2D eigenvalue weighted by Crippen LogP contribution is -2.49. The van der Waals surface area contributed by atoms with Crippen LogP contribution in [0.15, 0.2) is 84.3 Å². The molecule has 0 saturated carbocycles. The molecule has 3 aromatic carbocycles. The molecule has 3 atom stereocenters. The van der Waals surface area contributed by atoms with E-state index in [0.29, 0.717) is 42.3 Å². The first kappa shape index (κ1) is 34.4. The first-order valence-corrected chi connectivity index (χ1v) is 17.0. The number of benzene rings is 3.